The van der Waals surface area contributed by atoms with Crippen molar-refractivity contribution >= 4 is 5.82 Å². The van der Waals surface area contributed by atoms with E-state index in [2.05, 4.69) is 49.3 Å². The Labute approximate surface area is 129 Å². The van der Waals surface area contributed by atoms with E-state index in [0.29, 0.717) is 12.1 Å². The molecule has 1 aromatic heterocycles. The van der Waals surface area contributed by atoms with Crippen LogP contribution in [0.5, 0.6) is 0 Å². The van der Waals surface area contributed by atoms with Crippen LogP contribution in [0.2, 0.25) is 0 Å². The van der Waals surface area contributed by atoms with Crippen molar-refractivity contribution in [3.8, 4) is 0 Å². The molecule has 0 bridgehead atoms. The van der Waals surface area contributed by atoms with Crippen LogP contribution in [0.4, 0.5) is 5.82 Å². The maximum absolute atomic E-state index is 4.79. The second-order valence-corrected chi connectivity index (χ2v) is 7.61. The lowest BCUT2D eigenvalue weighted by Crippen LogP contribution is -2.50. The van der Waals surface area contributed by atoms with E-state index in [9.17, 15) is 0 Å². The molecule has 3 heteroatoms. The van der Waals surface area contributed by atoms with Gasteiger partial charge in [0.15, 0.2) is 0 Å². The number of pyridine rings is 1. The van der Waals surface area contributed by atoms with Crippen LogP contribution in [-0.2, 0) is 5.41 Å². The molecule has 1 N–H and O–H groups in total. The van der Waals surface area contributed by atoms with E-state index in [1.165, 1.54) is 50.0 Å². The smallest absolute Gasteiger partial charge is 0.128 e. The van der Waals surface area contributed by atoms with Crippen molar-refractivity contribution in [2.45, 2.75) is 70.4 Å². The van der Waals surface area contributed by atoms with Crippen LogP contribution in [-0.4, -0.2) is 30.2 Å². The predicted molar refractivity (Wildman–Crippen MR) is 88.9 cm³/mol. The van der Waals surface area contributed by atoms with Gasteiger partial charge < -0.3 is 10.2 Å². The van der Waals surface area contributed by atoms with Gasteiger partial charge in [-0.05, 0) is 55.7 Å². The van der Waals surface area contributed by atoms with Crippen LogP contribution in [0.3, 0.4) is 0 Å². The number of nitrogens with zero attached hydrogens (tertiary/aromatic N) is 2. The van der Waals surface area contributed by atoms with E-state index in [1.807, 2.05) is 0 Å². The third-order valence-electron chi connectivity index (χ3n) is 5.02. The van der Waals surface area contributed by atoms with Crippen molar-refractivity contribution in [2.75, 3.05) is 18.0 Å². The third kappa shape index (κ3) is 3.23. The fourth-order valence-electron chi connectivity index (χ4n) is 3.70. The summed E-state index contributed by atoms with van der Waals surface area (Å²) in [6, 6.07) is 5.79. The molecule has 2 aliphatic rings. The Hall–Kier alpha value is -1.09. The highest BCUT2D eigenvalue weighted by Gasteiger charge is 2.32. The average molecular weight is 287 g/mol. The molecule has 0 aliphatic carbocycles. The molecule has 2 saturated heterocycles. The van der Waals surface area contributed by atoms with Gasteiger partial charge in [-0.25, -0.2) is 4.98 Å². The highest BCUT2D eigenvalue weighted by molar-refractivity contribution is 5.42. The molecule has 0 aromatic carbocycles. The van der Waals surface area contributed by atoms with Crippen LogP contribution < -0.4 is 10.2 Å². The van der Waals surface area contributed by atoms with Gasteiger partial charge in [-0.1, -0.05) is 26.8 Å². The van der Waals surface area contributed by atoms with Crippen molar-refractivity contribution < 1.29 is 0 Å². The predicted octanol–water partition coefficient (Wildman–Crippen LogP) is 3.49. The summed E-state index contributed by atoms with van der Waals surface area (Å²) in [5.41, 5.74) is 1.50. The normalized spacial score (nSPS) is 27.1. The summed E-state index contributed by atoms with van der Waals surface area (Å²) in [4.78, 5) is 7.34. The molecule has 2 atom stereocenters. The number of nitrogens with one attached hydrogen (secondary N) is 1. The lowest BCUT2D eigenvalue weighted by molar-refractivity contribution is 0.376. The summed E-state index contributed by atoms with van der Waals surface area (Å²) in [5, 5.41) is 3.69. The average Bonchev–Trinajstić information content (AvgIpc) is 3.01. The van der Waals surface area contributed by atoms with Gasteiger partial charge in [0.05, 0.1) is 0 Å². The van der Waals surface area contributed by atoms with Crippen molar-refractivity contribution in [3.63, 3.8) is 0 Å². The van der Waals surface area contributed by atoms with Crippen LogP contribution >= 0.6 is 0 Å². The quantitative estimate of drug-likeness (QED) is 0.902. The molecule has 1 aromatic rings. The molecule has 0 radical (unpaired) electrons. The minimum Gasteiger partial charge on any atom is -0.352 e. The minimum absolute atomic E-state index is 0.180. The molecule has 3 nitrogen and oxygen atoms in total. The zero-order valence-electron chi connectivity index (χ0n) is 13.7. The highest BCUT2D eigenvalue weighted by atomic mass is 15.2. The van der Waals surface area contributed by atoms with Gasteiger partial charge in [0.25, 0.3) is 0 Å². The van der Waals surface area contributed by atoms with Crippen molar-refractivity contribution in [3.05, 3.63) is 23.9 Å². The summed E-state index contributed by atoms with van der Waals surface area (Å²) < 4.78 is 0. The van der Waals surface area contributed by atoms with E-state index in [0.717, 1.165) is 6.54 Å². The largest absolute Gasteiger partial charge is 0.352 e. The first-order chi connectivity index (χ1) is 10.1. The molecule has 2 fully saturated rings. The summed E-state index contributed by atoms with van der Waals surface area (Å²) >= 11 is 0. The molecular weight excluding hydrogens is 258 g/mol. The number of hydrogen-bond acceptors (Lipinski definition) is 3. The van der Waals surface area contributed by atoms with E-state index >= 15 is 0 Å². The van der Waals surface area contributed by atoms with Gasteiger partial charge >= 0.3 is 0 Å². The zero-order valence-corrected chi connectivity index (χ0v) is 13.7. The Balaban J connectivity index is 1.79. The summed E-state index contributed by atoms with van der Waals surface area (Å²) in [6.07, 6.45) is 8.68. The molecule has 116 valence electrons. The lowest BCUT2D eigenvalue weighted by atomic mass is 9.88. The maximum atomic E-state index is 4.79. The first-order valence-electron chi connectivity index (χ1n) is 8.52. The van der Waals surface area contributed by atoms with E-state index in [1.54, 1.807) is 0 Å². The molecule has 3 rings (SSSR count). The Morgan fingerprint density at radius 2 is 2.00 bits per heavy atom. The Kier molecular flexibility index (Phi) is 4.21. The summed E-state index contributed by atoms with van der Waals surface area (Å²) in [6.45, 7) is 9.08. The third-order valence-corrected chi connectivity index (χ3v) is 5.02. The van der Waals surface area contributed by atoms with Gasteiger partial charge in [-0.3, -0.25) is 0 Å². The Morgan fingerprint density at radius 3 is 2.62 bits per heavy atom. The van der Waals surface area contributed by atoms with Crippen LogP contribution in [0, 0.1) is 0 Å². The molecular formula is C18H29N3. The molecule has 21 heavy (non-hydrogen) atoms. The van der Waals surface area contributed by atoms with Gasteiger partial charge in [0.2, 0.25) is 0 Å². The zero-order chi connectivity index (χ0) is 14.9. The minimum atomic E-state index is 0.180. The first-order valence-corrected chi connectivity index (χ1v) is 8.52. The van der Waals surface area contributed by atoms with Gasteiger partial charge in [-0.2, -0.15) is 0 Å². The van der Waals surface area contributed by atoms with Crippen molar-refractivity contribution in [1.82, 2.24) is 10.3 Å². The standard InChI is InChI=1S/C18H29N3/c1-18(2,3)14-9-10-17(20-13-14)21-12-5-4-8-16(21)15-7-6-11-19-15/h9-10,13,15-16,19H,4-8,11-12H2,1-3H3. The number of rotatable bonds is 2. The molecule has 0 amide bonds. The number of piperidine rings is 1. The number of aromatic nitrogens is 1. The topological polar surface area (TPSA) is 28.2 Å². The lowest BCUT2D eigenvalue weighted by Gasteiger charge is -2.40. The Morgan fingerprint density at radius 1 is 1.14 bits per heavy atom. The summed E-state index contributed by atoms with van der Waals surface area (Å²) in [5.74, 6) is 1.17. The SMILES string of the molecule is CC(C)(C)c1ccc(N2CCCCC2C2CCCN2)nc1. The highest BCUT2D eigenvalue weighted by Crippen LogP contribution is 2.29. The van der Waals surface area contributed by atoms with Gasteiger partial charge in [0.1, 0.15) is 5.82 Å². The van der Waals surface area contributed by atoms with Gasteiger partial charge in [-0.15, -0.1) is 0 Å². The summed E-state index contributed by atoms with van der Waals surface area (Å²) in [7, 11) is 0. The molecule has 2 aliphatic heterocycles. The van der Waals surface area contributed by atoms with E-state index in [-0.39, 0.29) is 5.41 Å². The van der Waals surface area contributed by atoms with E-state index in [4.69, 9.17) is 4.98 Å². The Bertz CT molecular complexity index is 454. The van der Waals surface area contributed by atoms with Crippen molar-refractivity contribution in [1.29, 1.82) is 0 Å². The van der Waals surface area contributed by atoms with Gasteiger partial charge in [0, 0.05) is 24.8 Å². The number of hydrogen-bond donors (Lipinski definition) is 1. The fourth-order valence-corrected chi connectivity index (χ4v) is 3.70. The molecule has 3 heterocycles. The first kappa shape index (κ1) is 14.8. The second kappa shape index (κ2) is 5.96. The fraction of sp³-hybridized carbons (Fsp3) is 0.722. The van der Waals surface area contributed by atoms with E-state index < -0.39 is 0 Å². The molecule has 0 saturated carbocycles. The maximum Gasteiger partial charge on any atom is 0.128 e. The van der Waals surface area contributed by atoms with Crippen LogP contribution in [0.1, 0.15) is 58.4 Å². The molecule has 2 unspecified atom stereocenters. The molecule has 0 spiro atoms. The van der Waals surface area contributed by atoms with Crippen LogP contribution in [0.25, 0.3) is 0 Å². The van der Waals surface area contributed by atoms with Crippen LogP contribution in [0.15, 0.2) is 18.3 Å². The second-order valence-electron chi connectivity index (χ2n) is 7.61. The monoisotopic (exact) mass is 287 g/mol. The van der Waals surface area contributed by atoms with Crippen molar-refractivity contribution in [2.24, 2.45) is 0 Å². The number of anilines is 1.